The molecule has 2 saturated carbocycles. The van der Waals surface area contributed by atoms with Crippen LogP contribution in [0, 0.1) is 17.3 Å². The van der Waals surface area contributed by atoms with Gasteiger partial charge in [0.25, 0.3) is 0 Å². The summed E-state index contributed by atoms with van der Waals surface area (Å²) in [5.74, 6) is 0.805. The number of hydrogen-bond acceptors (Lipinski definition) is 1. The van der Waals surface area contributed by atoms with Gasteiger partial charge in [0.2, 0.25) is 0 Å². The topological polar surface area (TPSA) is 37.3 Å². The summed E-state index contributed by atoms with van der Waals surface area (Å²) in [4.78, 5) is 10.3. The molecule has 1 N–H and O–H groups in total. The van der Waals surface area contributed by atoms with Crippen molar-refractivity contribution in [2.24, 2.45) is 17.3 Å². The van der Waals surface area contributed by atoms with Crippen LogP contribution in [0.5, 0.6) is 0 Å². The monoisotopic (exact) mass is 194 g/mol. The molecule has 0 radical (unpaired) electrons. The van der Waals surface area contributed by atoms with Gasteiger partial charge in [-0.3, -0.25) is 0 Å². The van der Waals surface area contributed by atoms with E-state index in [0.29, 0.717) is 5.41 Å². The van der Waals surface area contributed by atoms with Gasteiger partial charge in [0.15, 0.2) is 0 Å². The molecule has 2 unspecified atom stereocenters. The summed E-state index contributed by atoms with van der Waals surface area (Å²) >= 11 is 0. The summed E-state index contributed by atoms with van der Waals surface area (Å²) < 4.78 is 0. The smallest absolute Gasteiger partial charge is 0.327 e. The summed E-state index contributed by atoms with van der Waals surface area (Å²) in [5.41, 5.74) is 0.614. The predicted molar refractivity (Wildman–Crippen MR) is 54.9 cm³/mol. The van der Waals surface area contributed by atoms with E-state index in [1.54, 1.807) is 0 Å². The van der Waals surface area contributed by atoms with E-state index in [4.69, 9.17) is 5.11 Å². The third kappa shape index (κ3) is 1.58. The van der Waals surface area contributed by atoms with Gasteiger partial charge in [-0.1, -0.05) is 13.0 Å². The Balaban J connectivity index is 1.90. The third-order valence-corrected chi connectivity index (χ3v) is 4.25. The van der Waals surface area contributed by atoms with E-state index in [0.717, 1.165) is 18.3 Å². The summed E-state index contributed by atoms with van der Waals surface area (Å²) in [5, 5.41) is 8.50. The van der Waals surface area contributed by atoms with Gasteiger partial charge < -0.3 is 5.11 Å². The Morgan fingerprint density at radius 2 is 2.21 bits per heavy atom. The van der Waals surface area contributed by atoms with Gasteiger partial charge in [-0.2, -0.15) is 0 Å². The van der Waals surface area contributed by atoms with Crippen molar-refractivity contribution in [1.82, 2.24) is 0 Å². The molecular weight excluding hydrogens is 176 g/mol. The molecule has 14 heavy (non-hydrogen) atoms. The lowest BCUT2D eigenvalue weighted by atomic mass is 9.85. The molecule has 0 aliphatic heterocycles. The normalized spacial score (nSPS) is 34.1. The van der Waals surface area contributed by atoms with Crippen molar-refractivity contribution in [3.05, 3.63) is 12.2 Å². The minimum Gasteiger partial charge on any atom is -0.478 e. The van der Waals surface area contributed by atoms with Crippen molar-refractivity contribution < 1.29 is 9.90 Å². The standard InChI is InChI=1S/C12H18O2/c1-9-5-6-10(12(9)7-8-12)3-2-4-11(13)14/h2,4,9-10H,3,5-8H2,1H3,(H,13,14). The minimum absolute atomic E-state index is 0.614. The molecule has 0 bridgehead atoms. The van der Waals surface area contributed by atoms with Crippen LogP contribution in [0.15, 0.2) is 12.2 Å². The van der Waals surface area contributed by atoms with Crippen LogP contribution in [-0.2, 0) is 4.79 Å². The van der Waals surface area contributed by atoms with E-state index in [1.807, 2.05) is 6.08 Å². The van der Waals surface area contributed by atoms with Crippen LogP contribution < -0.4 is 0 Å². The van der Waals surface area contributed by atoms with E-state index < -0.39 is 5.97 Å². The molecule has 78 valence electrons. The van der Waals surface area contributed by atoms with Gasteiger partial charge >= 0.3 is 5.97 Å². The summed E-state index contributed by atoms with van der Waals surface area (Å²) in [6.07, 6.45) is 9.48. The largest absolute Gasteiger partial charge is 0.478 e. The number of carbonyl (C=O) groups is 1. The second kappa shape index (κ2) is 3.41. The van der Waals surface area contributed by atoms with Crippen LogP contribution in [-0.4, -0.2) is 11.1 Å². The van der Waals surface area contributed by atoms with Gasteiger partial charge in [0.1, 0.15) is 0 Å². The Morgan fingerprint density at radius 3 is 2.79 bits per heavy atom. The minimum atomic E-state index is -0.819. The SMILES string of the molecule is CC1CCC(CC=CC(=O)O)C12CC2. The van der Waals surface area contributed by atoms with Crippen LogP contribution in [0.1, 0.15) is 39.0 Å². The molecule has 2 nitrogen and oxygen atoms in total. The van der Waals surface area contributed by atoms with Crippen molar-refractivity contribution >= 4 is 5.97 Å². The van der Waals surface area contributed by atoms with Crippen molar-refractivity contribution in [1.29, 1.82) is 0 Å². The number of allylic oxidation sites excluding steroid dienone is 1. The number of carboxylic acid groups (broad SMARTS) is 1. The fraction of sp³-hybridized carbons (Fsp3) is 0.750. The first-order valence-corrected chi connectivity index (χ1v) is 5.54. The highest BCUT2D eigenvalue weighted by Crippen LogP contribution is 2.65. The Kier molecular flexibility index (Phi) is 2.38. The lowest BCUT2D eigenvalue weighted by Crippen LogP contribution is -2.13. The summed E-state index contributed by atoms with van der Waals surface area (Å²) in [6, 6.07) is 0. The fourth-order valence-electron chi connectivity index (χ4n) is 3.16. The van der Waals surface area contributed by atoms with E-state index in [2.05, 4.69) is 6.92 Å². The van der Waals surface area contributed by atoms with Crippen molar-refractivity contribution in [3.8, 4) is 0 Å². The average molecular weight is 194 g/mol. The molecule has 2 aliphatic rings. The maximum atomic E-state index is 10.3. The molecule has 0 aromatic rings. The zero-order chi connectivity index (χ0) is 10.2. The van der Waals surface area contributed by atoms with Crippen LogP contribution >= 0.6 is 0 Å². The van der Waals surface area contributed by atoms with Crippen LogP contribution in [0.2, 0.25) is 0 Å². The van der Waals surface area contributed by atoms with E-state index in [1.165, 1.54) is 31.8 Å². The Morgan fingerprint density at radius 1 is 1.50 bits per heavy atom. The summed E-state index contributed by atoms with van der Waals surface area (Å²) in [7, 11) is 0. The maximum Gasteiger partial charge on any atom is 0.327 e. The second-order valence-electron chi connectivity index (χ2n) is 4.88. The molecule has 2 atom stereocenters. The van der Waals surface area contributed by atoms with Crippen LogP contribution in [0.3, 0.4) is 0 Å². The first-order valence-electron chi connectivity index (χ1n) is 5.54. The molecule has 2 aliphatic carbocycles. The predicted octanol–water partition coefficient (Wildman–Crippen LogP) is 2.84. The fourth-order valence-corrected chi connectivity index (χ4v) is 3.16. The highest BCUT2D eigenvalue weighted by Gasteiger charge is 2.55. The first-order chi connectivity index (χ1) is 6.65. The summed E-state index contributed by atoms with van der Waals surface area (Å²) in [6.45, 7) is 2.36. The van der Waals surface area contributed by atoms with Crippen LogP contribution in [0.25, 0.3) is 0 Å². The quantitative estimate of drug-likeness (QED) is 0.701. The van der Waals surface area contributed by atoms with Crippen molar-refractivity contribution in [2.75, 3.05) is 0 Å². The number of carboxylic acids is 1. The lowest BCUT2D eigenvalue weighted by molar-refractivity contribution is -0.131. The molecule has 2 heteroatoms. The number of aliphatic carboxylic acids is 1. The highest BCUT2D eigenvalue weighted by molar-refractivity contribution is 5.79. The molecule has 0 heterocycles. The van der Waals surface area contributed by atoms with E-state index in [-0.39, 0.29) is 0 Å². The molecule has 2 rings (SSSR count). The number of rotatable bonds is 3. The zero-order valence-electron chi connectivity index (χ0n) is 8.70. The third-order valence-electron chi connectivity index (χ3n) is 4.25. The average Bonchev–Trinajstić information content (AvgIpc) is 2.84. The highest BCUT2D eigenvalue weighted by atomic mass is 16.4. The van der Waals surface area contributed by atoms with Gasteiger partial charge in [-0.15, -0.1) is 0 Å². The Labute approximate surface area is 85.0 Å². The van der Waals surface area contributed by atoms with E-state index >= 15 is 0 Å². The van der Waals surface area contributed by atoms with E-state index in [9.17, 15) is 4.79 Å². The lowest BCUT2D eigenvalue weighted by Gasteiger charge is -2.20. The van der Waals surface area contributed by atoms with Gasteiger partial charge in [-0.05, 0) is 49.4 Å². The van der Waals surface area contributed by atoms with Gasteiger partial charge in [-0.25, -0.2) is 4.79 Å². The Bertz CT molecular complexity index is 263. The number of hydrogen-bond donors (Lipinski definition) is 1. The van der Waals surface area contributed by atoms with Gasteiger partial charge in [0.05, 0.1) is 0 Å². The molecule has 1 spiro atoms. The van der Waals surface area contributed by atoms with Crippen molar-refractivity contribution in [2.45, 2.75) is 39.0 Å². The first kappa shape index (κ1) is 9.75. The molecule has 0 aromatic heterocycles. The molecule has 0 aromatic carbocycles. The maximum absolute atomic E-state index is 10.3. The van der Waals surface area contributed by atoms with Gasteiger partial charge in [0, 0.05) is 6.08 Å². The second-order valence-corrected chi connectivity index (χ2v) is 4.88. The van der Waals surface area contributed by atoms with Crippen LogP contribution in [0.4, 0.5) is 0 Å². The molecule has 0 saturated heterocycles. The molecular formula is C12H18O2. The molecule has 0 amide bonds. The Hall–Kier alpha value is -0.790. The van der Waals surface area contributed by atoms with Crippen molar-refractivity contribution in [3.63, 3.8) is 0 Å². The zero-order valence-corrected chi connectivity index (χ0v) is 8.70. The molecule has 2 fully saturated rings.